The number of nitrogens with zero attached hydrogens (tertiary/aromatic N) is 2. The highest BCUT2D eigenvalue weighted by Crippen LogP contribution is 2.35. The van der Waals surface area contributed by atoms with Gasteiger partial charge >= 0.3 is 0 Å². The number of benzene rings is 1. The number of amides is 2. The zero-order valence-electron chi connectivity index (χ0n) is 14.3. The summed E-state index contributed by atoms with van der Waals surface area (Å²) in [4.78, 5) is 31.2. The van der Waals surface area contributed by atoms with Crippen LogP contribution in [0, 0.1) is 0 Å². The van der Waals surface area contributed by atoms with E-state index in [0.717, 1.165) is 0 Å². The van der Waals surface area contributed by atoms with Gasteiger partial charge in [-0.2, -0.15) is 0 Å². The van der Waals surface area contributed by atoms with Gasteiger partial charge in [-0.1, -0.05) is 29.8 Å². The second-order valence-electron chi connectivity index (χ2n) is 6.27. The smallest absolute Gasteiger partial charge is 0.260 e. The first kappa shape index (κ1) is 18.7. The number of anilines is 1. The summed E-state index contributed by atoms with van der Waals surface area (Å²) in [5.41, 5.74) is 1.11. The average Bonchev–Trinajstić information content (AvgIpc) is 2.58. The summed E-state index contributed by atoms with van der Waals surface area (Å²) in [5.74, 6) is -0.0568. The largest absolute Gasteiger partial charge is 0.352 e. The lowest BCUT2D eigenvalue weighted by Crippen LogP contribution is -2.49. The van der Waals surface area contributed by atoms with Crippen molar-refractivity contribution in [2.75, 3.05) is 11.9 Å². The van der Waals surface area contributed by atoms with Crippen LogP contribution in [0.1, 0.15) is 35.9 Å². The summed E-state index contributed by atoms with van der Waals surface area (Å²) in [5, 5.41) is 6.55. The Morgan fingerprint density at radius 2 is 2.15 bits per heavy atom. The first-order chi connectivity index (χ1) is 12.4. The zero-order valence-corrected chi connectivity index (χ0v) is 16.6. The van der Waals surface area contributed by atoms with Crippen molar-refractivity contribution in [2.24, 2.45) is 0 Å². The van der Waals surface area contributed by atoms with Crippen molar-refractivity contribution in [3.05, 3.63) is 57.2 Å². The molecule has 0 radical (unpaired) electrons. The minimum Gasteiger partial charge on any atom is -0.352 e. The monoisotopic (exact) mass is 436 g/mol. The van der Waals surface area contributed by atoms with Crippen molar-refractivity contribution < 1.29 is 9.59 Å². The molecule has 1 aromatic carbocycles. The average molecular weight is 438 g/mol. The number of halogens is 2. The lowest BCUT2D eigenvalue weighted by molar-refractivity contribution is -0.122. The van der Waals surface area contributed by atoms with Crippen molar-refractivity contribution in [3.63, 3.8) is 0 Å². The summed E-state index contributed by atoms with van der Waals surface area (Å²) in [6.45, 7) is 3.65. The van der Waals surface area contributed by atoms with Crippen molar-refractivity contribution in [2.45, 2.75) is 26.1 Å². The van der Waals surface area contributed by atoms with E-state index in [0.29, 0.717) is 26.4 Å². The number of aromatic nitrogens is 1. The molecule has 2 aromatic rings. The molecule has 1 aliphatic heterocycles. The lowest BCUT2D eigenvalue weighted by atomic mass is 10.1. The van der Waals surface area contributed by atoms with E-state index in [1.165, 1.54) is 4.90 Å². The van der Waals surface area contributed by atoms with E-state index < -0.39 is 6.17 Å². The standard InChI is InChI=1S/C18H18BrClN4O2/c1-10(2)22-15(25)9-24-17(12-5-3-4-6-14(12)20)23-16-13(18(24)26)7-11(19)8-21-16/h3-8,10,17H,9H2,1-2H3,(H,21,23)(H,22,25). The van der Waals surface area contributed by atoms with Crippen molar-refractivity contribution >= 4 is 45.2 Å². The number of rotatable bonds is 4. The second-order valence-corrected chi connectivity index (χ2v) is 7.60. The Balaban J connectivity index is 2.02. The second kappa shape index (κ2) is 7.63. The summed E-state index contributed by atoms with van der Waals surface area (Å²) >= 11 is 9.67. The van der Waals surface area contributed by atoms with Gasteiger partial charge in [0.25, 0.3) is 5.91 Å². The number of hydrogen-bond acceptors (Lipinski definition) is 4. The van der Waals surface area contributed by atoms with Gasteiger partial charge in [-0.3, -0.25) is 9.59 Å². The van der Waals surface area contributed by atoms with Crippen molar-refractivity contribution in [3.8, 4) is 0 Å². The minimum absolute atomic E-state index is 0.0165. The van der Waals surface area contributed by atoms with Crippen LogP contribution in [-0.4, -0.2) is 34.3 Å². The predicted molar refractivity (Wildman–Crippen MR) is 104 cm³/mol. The van der Waals surface area contributed by atoms with Gasteiger partial charge in [-0.05, 0) is 41.9 Å². The van der Waals surface area contributed by atoms with E-state index in [2.05, 4.69) is 31.5 Å². The van der Waals surface area contributed by atoms with E-state index in [9.17, 15) is 9.59 Å². The maximum Gasteiger partial charge on any atom is 0.260 e. The van der Waals surface area contributed by atoms with Gasteiger partial charge in [-0.25, -0.2) is 4.98 Å². The topological polar surface area (TPSA) is 74.3 Å². The molecule has 1 aliphatic rings. The Labute approximate surface area is 165 Å². The molecule has 26 heavy (non-hydrogen) atoms. The molecular formula is C18H18BrClN4O2. The Kier molecular flexibility index (Phi) is 5.48. The van der Waals surface area contributed by atoms with E-state index in [1.54, 1.807) is 18.3 Å². The summed E-state index contributed by atoms with van der Waals surface area (Å²) in [7, 11) is 0. The predicted octanol–water partition coefficient (Wildman–Crippen LogP) is 3.59. The van der Waals surface area contributed by atoms with Gasteiger partial charge in [0.15, 0.2) is 0 Å². The maximum absolute atomic E-state index is 13.1. The molecule has 6 nitrogen and oxygen atoms in total. The molecule has 0 aliphatic carbocycles. The van der Waals surface area contributed by atoms with Crippen molar-refractivity contribution in [1.29, 1.82) is 0 Å². The van der Waals surface area contributed by atoms with Crippen LogP contribution in [0.15, 0.2) is 41.0 Å². The van der Waals surface area contributed by atoms with Gasteiger partial charge < -0.3 is 15.5 Å². The van der Waals surface area contributed by atoms with Gasteiger partial charge in [-0.15, -0.1) is 0 Å². The number of pyridine rings is 1. The molecule has 2 heterocycles. The molecule has 2 N–H and O–H groups in total. The number of fused-ring (bicyclic) bond motifs is 1. The third kappa shape index (κ3) is 3.83. The molecule has 3 rings (SSSR count). The van der Waals surface area contributed by atoms with E-state index in [1.807, 2.05) is 32.0 Å². The summed E-state index contributed by atoms with van der Waals surface area (Å²) in [6, 6.07) is 8.90. The minimum atomic E-state index is -0.588. The van der Waals surface area contributed by atoms with Crippen LogP contribution in [0.5, 0.6) is 0 Å². The van der Waals surface area contributed by atoms with Crippen LogP contribution >= 0.6 is 27.5 Å². The van der Waals surface area contributed by atoms with Crippen LogP contribution < -0.4 is 10.6 Å². The van der Waals surface area contributed by atoms with Crippen LogP contribution in [0.4, 0.5) is 5.82 Å². The quantitative estimate of drug-likeness (QED) is 0.766. The fourth-order valence-corrected chi connectivity index (χ4v) is 3.40. The number of carbonyl (C=O) groups excluding carboxylic acids is 2. The van der Waals surface area contributed by atoms with Gasteiger partial charge in [0, 0.05) is 27.3 Å². The molecule has 0 spiro atoms. The fraction of sp³-hybridized carbons (Fsp3) is 0.278. The molecule has 1 atom stereocenters. The molecule has 0 saturated heterocycles. The Hall–Kier alpha value is -2.12. The Morgan fingerprint density at radius 3 is 2.85 bits per heavy atom. The van der Waals surface area contributed by atoms with Crippen molar-refractivity contribution in [1.82, 2.24) is 15.2 Å². The third-order valence-corrected chi connectivity index (χ3v) is 4.67. The van der Waals surface area contributed by atoms with E-state index >= 15 is 0 Å². The first-order valence-corrected chi connectivity index (χ1v) is 9.30. The number of carbonyl (C=O) groups is 2. The van der Waals surface area contributed by atoms with Crippen LogP contribution in [-0.2, 0) is 4.79 Å². The highest BCUT2D eigenvalue weighted by Gasteiger charge is 2.36. The molecule has 0 saturated carbocycles. The number of hydrogen-bond donors (Lipinski definition) is 2. The van der Waals surface area contributed by atoms with Gasteiger partial charge in [0.2, 0.25) is 5.91 Å². The van der Waals surface area contributed by atoms with E-state index in [4.69, 9.17) is 11.6 Å². The Morgan fingerprint density at radius 1 is 1.42 bits per heavy atom. The number of nitrogens with one attached hydrogen (secondary N) is 2. The molecule has 136 valence electrons. The maximum atomic E-state index is 13.1. The molecule has 0 bridgehead atoms. The van der Waals surface area contributed by atoms with Gasteiger partial charge in [0.05, 0.1) is 5.56 Å². The third-order valence-electron chi connectivity index (χ3n) is 3.89. The Bertz CT molecular complexity index is 859. The highest BCUT2D eigenvalue weighted by atomic mass is 79.9. The van der Waals surface area contributed by atoms with Gasteiger partial charge in [0.1, 0.15) is 18.5 Å². The first-order valence-electron chi connectivity index (χ1n) is 8.13. The molecule has 1 aromatic heterocycles. The normalized spacial score (nSPS) is 16.3. The fourth-order valence-electron chi connectivity index (χ4n) is 2.82. The van der Waals surface area contributed by atoms with Crippen LogP contribution in [0.3, 0.4) is 0 Å². The molecule has 2 amide bonds. The molecule has 8 heteroatoms. The summed E-state index contributed by atoms with van der Waals surface area (Å²) < 4.78 is 0.689. The zero-order chi connectivity index (χ0) is 18.8. The SMILES string of the molecule is CC(C)NC(=O)CN1C(=O)c2cc(Br)cnc2NC1c1ccccc1Cl. The molecular weight excluding hydrogens is 420 g/mol. The molecule has 1 unspecified atom stereocenters. The highest BCUT2D eigenvalue weighted by molar-refractivity contribution is 9.10. The molecule has 0 fully saturated rings. The van der Waals surface area contributed by atoms with E-state index in [-0.39, 0.29) is 24.4 Å². The lowest BCUT2D eigenvalue weighted by Gasteiger charge is -2.37. The van der Waals surface area contributed by atoms with Crippen LogP contribution in [0.25, 0.3) is 0 Å². The van der Waals surface area contributed by atoms with Crippen LogP contribution in [0.2, 0.25) is 5.02 Å². The summed E-state index contributed by atoms with van der Waals surface area (Å²) in [6.07, 6.45) is 1.03.